The maximum atomic E-state index is 14.0. The van der Waals surface area contributed by atoms with Crippen molar-refractivity contribution in [1.82, 2.24) is 14.8 Å². The van der Waals surface area contributed by atoms with Crippen molar-refractivity contribution in [3.8, 4) is 0 Å². The van der Waals surface area contributed by atoms with Crippen molar-refractivity contribution < 1.29 is 19.1 Å². The molecule has 2 aliphatic rings. The average molecular weight is 555 g/mol. The van der Waals surface area contributed by atoms with Crippen LogP contribution in [0.15, 0.2) is 79.0 Å². The molecule has 2 amide bonds. The highest BCUT2D eigenvalue weighted by Crippen LogP contribution is 2.20. The third-order valence-electron chi connectivity index (χ3n) is 7.53. The largest absolute Gasteiger partial charge is 0.378 e. The van der Waals surface area contributed by atoms with Gasteiger partial charge >= 0.3 is 0 Å². The Bertz CT molecular complexity index is 1300. The smallest absolute Gasteiger partial charge is 0.247 e. The molecular weight excluding hydrogens is 516 g/mol. The number of aryl methyl sites for hydroxylation is 1. The van der Waals surface area contributed by atoms with Gasteiger partial charge in [0.2, 0.25) is 11.8 Å². The van der Waals surface area contributed by atoms with Gasteiger partial charge in [0.15, 0.2) is 0 Å². The van der Waals surface area contributed by atoms with Gasteiger partial charge in [-0.3, -0.25) is 9.59 Å². The van der Waals surface area contributed by atoms with Crippen LogP contribution in [0.2, 0.25) is 0 Å². The Labute approximate surface area is 242 Å². The third kappa shape index (κ3) is 7.80. The summed E-state index contributed by atoms with van der Waals surface area (Å²) in [7, 11) is 0. The fourth-order valence-electron chi connectivity index (χ4n) is 5.13. The van der Waals surface area contributed by atoms with Gasteiger partial charge in [-0.2, -0.15) is 0 Å². The summed E-state index contributed by atoms with van der Waals surface area (Å²) in [5.41, 5.74) is 3.95. The second kappa shape index (κ2) is 14.1. The number of carbonyl (C=O) groups excluding carboxylic acids is 2. The number of pyridine rings is 1. The first-order valence-corrected chi connectivity index (χ1v) is 14.3. The summed E-state index contributed by atoms with van der Waals surface area (Å²) < 4.78 is 11.0. The van der Waals surface area contributed by atoms with Gasteiger partial charge in [-0.05, 0) is 35.8 Å². The molecule has 2 fully saturated rings. The first-order valence-electron chi connectivity index (χ1n) is 14.3. The zero-order valence-corrected chi connectivity index (χ0v) is 23.7. The lowest BCUT2D eigenvalue weighted by Crippen LogP contribution is -2.53. The predicted octanol–water partition coefficient (Wildman–Crippen LogP) is 3.74. The summed E-state index contributed by atoms with van der Waals surface area (Å²) in [5.74, 6) is 0.608. The Morgan fingerprint density at radius 2 is 1.56 bits per heavy atom. The Morgan fingerprint density at radius 3 is 2.22 bits per heavy atom. The van der Waals surface area contributed by atoms with Gasteiger partial charge in [-0.15, -0.1) is 0 Å². The lowest BCUT2D eigenvalue weighted by Gasteiger charge is -2.36. The van der Waals surface area contributed by atoms with Gasteiger partial charge in [-0.25, -0.2) is 4.98 Å². The minimum atomic E-state index is -0.676. The van der Waals surface area contributed by atoms with E-state index in [0.717, 1.165) is 41.2 Å². The van der Waals surface area contributed by atoms with E-state index >= 15 is 0 Å². The van der Waals surface area contributed by atoms with Gasteiger partial charge in [0, 0.05) is 51.4 Å². The minimum absolute atomic E-state index is 0.0628. The molecule has 0 radical (unpaired) electrons. The van der Waals surface area contributed by atoms with Crippen molar-refractivity contribution >= 4 is 23.7 Å². The van der Waals surface area contributed by atoms with Crippen molar-refractivity contribution in [3.63, 3.8) is 0 Å². The highest BCUT2D eigenvalue weighted by Gasteiger charge is 2.33. The molecule has 0 bridgehead atoms. The molecule has 3 aromatic rings. The number of ether oxygens (including phenoxy) is 2. The zero-order valence-electron chi connectivity index (χ0n) is 23.7. The molecule has 2 saturated heterocycles. The number of benzene rings is 2. The van der Waals surface area contributed by atoms with Crippen molar-refractivity contribution in [2.75, 3.05) is 57.5 Å². The van der Waals surface area contributed by atoms with Crippen LogP contribution in [0.5, 0.6) is 0 Å². The van der Waals surface area contributed by atoms with E-state index < -0.39 is 6.04 Å². The van der Waals surface area contributed by atoms with E-state index in [0.29, 0.717) is 45.9 Å². The standard InChI is InChI=1S/C33H38N4O4/c1-26-7-9-27(10-8-26)12-14-32(38)37(25-29-11-13-31(34-24-29)35-15-19-40-20-16-35)30(23-28-5-3-2-4-6-28)33(39)36-17-21-41-22-18-36/h2-14,24,30H,15-23,25H2,1H3/b14-12+/t30-/m0/s1. The first kappa shape index (κ1) is 28.5. The second-order valence-electron chi connectivity index (χ2n) is 10.5. The molecule has 5 rings (SSSR count). The van der Waals surface area contributed by atoms with E-state index in [1.54, 1.807) is 11.0 Å². The fourth-order valence-corrected chi connectivity index (χ4v) is 5.13. The summed E-state index contributed by atoms with van der Waals surface area (Å²) in [6.07, 6.45) is 5.62. The molecule has 3 heterocycles. The van der Waals surface area contributed by atoms with Gasteiger partial charge in [0.25, 0.3) is 0 Å². The lowest BCUT2D eigenvalue weighted by molar-refractivity contribution is -0.147. The molecule has 0 saturated carbocycles. The van der Waals surface area contributed by atoms with Gasteiger partial charge in [0.05, 0.1) is 26.4 Å². The van der Waals surface area contributed by atoms with Crippen molar-refractivity contribution in [3.05, 3.63) is 101 Å². The van der Waals surface area contributed by atoms with Crippen LogP contribution < -0.4 is 4.90 Å². The number of anilines is 1. The Hall–Kier alpha value is -4.01. The number of carbonyl (C=O) groups is 2. The molecule has 0 spiro atoms. The number of aromatic nitrogens is 1. The summed E-state index contributed by atoms with van der Waals surface area (Å²) in [5, 5.41) is 0. The second-order valence-corrected chi connectivity index (χ2v) is 10.5. The molecule has 0 aliphatic carbocycles. The summed E-state index contributed by atoms with van der Waals surface area (Å²) in [4.78, 5) is 38.4. The summed E-state index contributed by atoms with van der Waals surface area (Å²) in [6, 6.07) is 21.2. The summed E-state index contributed by atoms with van der Waals surface area (Å²) in [6.45, 7) is 7.29. The maximum absolute atomic E-state index is 14.0. The number of rotatable bonds is 9. The fraction of sp³-hybridized carbons (Fsp3) is 0.364. The van der Waals surface area contributed by atoms with Gasteiger partial charge < -0.3 is 24.2 Å². The summed E-state index contributed by atoms with van der Waals surface area (Å²) >= 11 is 0. The van der Waals surface area contributed by atoms with Crippen LogP contribution in [-0.4, -0.2) is 85.2 Å². The zero-order chi connectivity index (χ0) is 28.4. The first-order chi connectivity index (χ1) is 20.1. The molecule has 8 heteroatoms. The monoisotopic (exact) mass is 554 g/mol. The number of morpholine rings is 2. The van der Waals surface area contributed by atoms with E-state index in [1.807, 2.05) is 90.8 Å². The molecule has 1 atom stereocenters. The van der Waals surface area contributed by atoms with Crippen LogP contribution in [0, 0.1) is 6.92 Å². The highest BCUT2D eigenvalue weighted by molar-refractivity contribution is 5.95. The normalized spacial score (nSPS) is 16.5. The lowest BCUT2D eigenvalue weighted by atomic mass is 10.0. The van der Waals surface area contributed by atoms with Crippen molar-refractivity contribution in [1.29, 1.82) is 0 Å². The highest BCUT2D eigenvalue weighted by atomic mass is 16.5. The van der Waals surface area contributed by atoms with Crippen LogP contribution in [0.1, 0.15) is 22.3 Å². The molecule has 2 aliphatic heterocycles. The molecule has 1 aromatic heterocycles. The van der Waals surface area contributed by atoms with Crippen LogP contribution in [0.25, 0.3) is 6.08 Å². The van der Waals surface area contributed by atoms with Gasteiger partial charge in [-0.1, -0.05) is 66.2 Å². The molecular formula is C33H38N4O4. The third-order valence-corrected chi connectivity index (χ3v) is 7.53. The van der Waals surface area contributed by atoms with E-state index in [1.165, 1.54) is 0 Å². The number of hydrogen-bond donors (Lipinski definition) is 0. The van der Waals surface area contributed by atoms with Gasteiger partial charge in [0.1, 0.15) is 11.9 Å². The maximum Gasteiger partial charge on any atom is 0.247 e. The van der Waals surface area contributed by atoms with Crippen molar-refractivity contribution in [2.24, 2.45) is 0 Å². The predicted molar refractivity (Wildman–Crippen MR) is 159 cm³/mol. The minimum Gasteiger partial charge on any atom is -0.378 e. The molecule has 0 N–H and O–H groups in total. The number of nitrogens with zero attached hydrogens (tertiary/aromatic N) is 4. The SMILES string of the molecule is Cc1ccc(/C=C/C(=O)N(Cc2ccc(N3CCOCC3)nc2)[C@@H](Cc2ccccc2)C(=O)N2CCOCC2)cc1. The number of amides is 2. The topological polar surface area (TPSA) is 75.2 Å². The van der Waals surface area contributed by atoms with E-state index in [9.17, 15) is 9.59 Å². The Kier molecular flexibility index (Phi) is 9.78. The number of hydrogen-bond acceptors (Lipinski definition) is 6. The molecule has 8 nitrogen and oxygen atoms in total. The molecule has 214 valence electrons. The van der Waals surface area contributed by atoms with Crippen LogP contribution in [0.4, 0.5) is 5.82 Å². The van der Waals surface area contributed by atoms with E-state index in [4.69, 9.17) is 14.5 Å². The Balaban J connectivity index is 1.44. The van der Waals surface area contributed by atoms with Crippen LogP contribution in [0.3, 0.4) is 0 Å². The molecule has 41 heavy (non-hydrogen) atoms. The molecule has 2 aromatic carbocycles. The quantitative estimate of drug-likeness (QED) is 0.375. The Morgan fingerprint density at radius 1 is 0.878 bits per heavy atom. The van der Waals surface area contributed by atoms with Crippen molar-refractivity contribution in [2.45, 2.75) is 25.9 Å². The molecule has 0 unspecified atom stereocenters. The van der Waals surface area contributed by atoms with E-state index in [-0.39, 0.29) is 18.4 Å². The van der Waals surface area contributed by atoms with E-state index in [2.05, 4.69) is 4.90 Å². The van der Waals surface area contributed by atoms with Crippen LogP contribution in [-0.2, 0) is 32.0 Å². The average Bonchev–Trinajstić information content (AvgIpc) is 3.03. The van der Waals surface area contributed by atoms with Crippen LogP contribution >= 0.6 is 0 Å².